The van der Waals surface area contributed by atoms with Gasteiger partial charge in [0.2, 0.25) is 11.8 Å². The highest BCUT2D eigenvalue weighted by atomic mass is 16.2. The molecule has 0 aromatic heterocycles. The van der Waals surface area contributed by atoms with Gasteiger partial charge in [0, 0.05) is 19.0 Å². The minimum Gasteiger partial charge on any atom is -0.344 e. The first-order valence-corrected chi connectivity index (χ1v) is 7.88. The average molecular weight is 286 g/mol. The Balaban J connectivity index is 1.61. The predicted octanol–water partition coefficient (Wildman–Crippen LogP) is 1.89. The van der Waals surface area contributed by atoms with E-state index in [1.165, 1.54) is 5.56 Å². The maximum Gasteiger partial charge on any atom is 0.245 e. The first-order valence-electron chi connectivity index (χ1n) is 7.88. The van der Waals surface area contributed by atoms with Crippen molar-refractivity contribution >= 4 is 11.8 Å². The van der Waals surface area contributed by atoms with Crippen LogP contribution in [0.2, 0.25) is 0 Å². The molecule has 1 aromatic rings. The Morgan fingerprint density at radius 1 is 1.19 bits per heavy atom. The van der Waals surface area contributed by atoms with Crippen LogP contribution >= 0.6 is 0 Å². The second kappa shape index (κ2) is 6.29. The van der Waals surface area contributed by atoms with Crippen LogP contribution in [0, 0.1) is 0 Å². The van der Waals surface area contributed by atoms with Gasteiger partial charge < -0.3 is 10.2 Å². The van der Waals surface area contributed by atoms with E-state index in [1.807, 2.05) is 23.1 Å². The lowest BCUT2D eigenvalue weighted by Gasteiger charge is -2.43. The quantitative estimate of drug-likeness (QED) is 0.922. The van der Waals surface area contributed by atoms with Gasteiger partial charge in [0.05, 0.1) is 0 Å². The number of hydrogen-bond donors (Lipinski definition) is 1. The predicted molar refractivity (Wildman–Crippen MR) is 80.7 cm³/mol. The van der Waals surface area contributed by atoms with Gasteiger partial charge in [-0.15, -0.1) is 0 Å². The smallest absolute Gasteiger partial charge is 0.245 e. The van der Waals surface area contributed by atoms with Gasteiger partial charge in [0.1, 0.15) is 6.04 Å². The molecule has 2 heterocycles. The van der Waals surface area contributed by atoms with E-state index in [0.717, 1.165) is 38.6 Å². The molecule has 0 aliphatic carbocycles. The largest absolute Gasteiger partial charge is 0.344 e. The van der Waals surface area contributed by atoms with Crippen molar-refractivity contribution in [3.63, 3.8) is 0 Å². The average Bonchev–Trinajstić information content (AvgIpc) is 2.69. The van der Waals surface area contributed by atoms with Crippen LogP contribution < -0.4 is 5.32 Å². The van der Waals surface area contributed by atoms with Crippen LogP contribution in [0.5, 0.6) is 0 Å². The van der Waals surface area contributed by atoms with E-state index in [9.17, 15) is 9.59 Å². The fourth-order valence-electron chi connectivity index (χ4n) is 3.19. The zero-order chi connectivity index (χ0) is 14.7. The molecule has 2 amide bonds. The van der Waals surface area contributed by atoms with E-state index >= 15 is 0 Å². The Bertz CT molecular complexity index is 515. The summed E-state index contributed by atoms with van der Waals surface area (Å²) in [6.07, 6.45) is 5.14. The number of nitrogens with one attached hydrogen (secondary N) is 1. The van der Waals surface area contributed by atoms with Crippen LogP contribution in [0.25, 0.3) is 0 Å². The van der Waals surface area contributed by atoms with Crippen LogP contribution in [0.1, 0.15) is 37.7 Å². The van der Waals surface area contributed by atoms with Gasteiger partial charge in [0.25, 0.3) is 0 Å². The Morgan fingerprint density at radius 2 is 2.00 bits per heavy atom. The molecule has 1 aromatic carbocycles. The Hall–Kier alpha value is -1.84. The highest BCUT2D eigenvalue weighted by molar-refractivity contribution is 5.88. The lowest BCUT2D eigenvalue weighted by Crippen LogP contribution is -2.58. The van der Waals surface area contributed by atoms with Gasteiger partial charge in [-0.2, -0.15) is 0 Å². The molecule has 0 radical (unpaired) electrons. The van der Waals surface area contributed by atoms with Crippen molar-refractivity contribution in [2.24, 2.45) is 0 Å². The van der Waals surface area contributed by atoms with Gasteiger partial charge in [-0.1, -0.05) is 36.8 Å². The van der Waals surface area contributed by atoms with Gasteiger partial charge in [-0.05, 0) is 31.2 Å². The zero-order valence-corrected chi connectivity index (χ0v) is 12.3. The molecule has 0 saturated carbocycles. The van der Waals surface area contributed by atoms with Crippen molar-refractivity contribution < 1.29 is 9.59 Å². The standard InChI is InChI=1S/C17H22N2O2/c20-16-9-5-4-8-15(18-16)17(21)19-11-10-14(19)12-13-6-2-1-3-7-13/h1-3,6-7,14-15H,4-5,8-12H2,(H,18,20)/t14-,15+/m1/s1. The number of carbonyl (C=O) groups is 2. The summed E-state index contributed by atoms with van der Waals surface area (Å²) >= 11 is 0. The lowest BCUT2D eigenvalue weighted by molar-refractivity contribution is -0.143. The first kappa shape index (κ1) is 14.1. The molecule has 2 aliphatic rings. The van der Waals surface area contributed by atoms with Crippen molar-refractivity contribution in [3.05, 3.63) is 35.9 Å². The molecule has 3 rings (SSSR count). The Labute approximate surface area is 125 Å². The summed E-state index contributed by atoms with van der Waals surface area (Å²) in [6, 6.07) is 10.3. The molecule has 2 atom stereocenters. The second-order valence-corrected chi connectivity index (χ2v) is 6.03. The lowest BCUT2D eigenvalue weighted by atomic mass is 9.93. The van der Waals surface area contributed by atoms with E-state index < -0.39 is 0 Å². The summed E-state index contributed by atoms with van der Waals surface area (Å²) in [4.78, 5) is 26.2. The van der Waals surface area contributed by atoms with Crippen LogP contribution in [0.4, 0.5) is 0 Å². The highest BCUT2D eigenvalue weighted by Crippen LogP contribution is 2.24. The molecular formula is C17H22N2O2. The van der Waals surface area contributed by atoms with Crippen molar-refractivity contribution in [1.29, 1.82) is 0 Å². The number of carbonyl (C=O) groups excluding carboxylic acids is 2. The summed E-state index contributed by atoms with van der Waals surface area (Å²) in [5, 5.41) is 2.88. The van der Waals surface area contributed by atoms with E-state index in [1.54, 1.807) is 0 Å². The summed E-state index contributed by atoms with van der Waals surface area (Å²) in [7, 11) is 0. The number of nitrogens with zero attached hydrogens (tertiary/aromatic N) is 1. The van der Waals surface area contributed by atoms with E-state index in [2.05, 4.69) is 17.4 Å². The van der Waals surface area contributed by atoms with Crippen LogP contribution in [-0.2, 0) is 16.0 Å². The second-order valence-electron chi connectivity index (χ2n) is 6.03. The van der Waals surface area contributed by atoms with E-state index in [4.69, 9.17) is 0 Å². The van der Waals surface area contributed by atoms with Crippen molar-refractivity contribution in [2.45, 2.75) is 50.6 Å². The van der Waals surface area contributed by atoms with E-state index in [-0.39, 0.29) is 17.9 Å². The van der Waals surface area contributed by atoms with Crippen molar-refractivity contribution in [1.82, 2.24) is 10.2 Å². The molecule has 21 heavy (non-hydrogen) atoms. The van der Waals surface area contributed by atoms with Gasteiger partial charge in [0.15, 0.2) is 0 Å². The third-order valence-corrected chi connectivity index (χ3v) is 4.52. The molecule has 2 saturated heterocycles. The molecule has 112 valence electrons. The molecule has 2 aliphatic heterocycles. The number of benzene rings is 1. The molecule has 1 N–H and O–H groups in total. The molecule has 0 spiro atoms. The number of amides is 2. The summed E-state index contributed by atoms with van der Waals surface area (Å²) in [5.74, 6) is 0.128. The molecular weight excluding hydrogens is 264 g/mol. The number of likely N-dealkylation sites (tertiary alicyclic amines) is 1. The topological polar surface area (TPSA) is 49.4 Å². The fraction of sp³-hybridized carbons (Fsp3) is 0.529. The van der Waals surface area contributed by atoms with Crippen LogP contribution in [-0.4, -0.2) is 35.3 Å². The molecule has 0 unspecified atom stereocenters. The number of rotatable bonds is 3. The maximum absolute atomic E-state index is 12.6. The SMILES string of the molecule is O=C1CCCC[C@@H](C(=O)N2CC[C@@H]2Cc2ccccc2)N1. The van der Waals surface area contributed by atoms with Crippen LogP contribution in [0.3, 0.4) is 0 Å². The molecule has 4 heteroatoms. The summed E-state index contributed by atoms with van der Waals surface area (Å²) < 4.78 is 0. The van der Waals surface area contributed by atoms with Crippen molar-refractivity contribution in [3.8, 4) is 0 Å². The monoisotopic (exact) mass is 286 g/mol. The normalized spacial score (nSPS) is 25.7. The minimum atomic E-state index is -0.307. The number of hydrogen-bond acceptors (Lipinski definition) is 2. The fourth-order valence-corrected chi connectivity index (χ4v) is 3.19. The Morgan fingerprint density at radius 3 is 2.71 bits per heavy atom. The summed E-state index contributed by atoms with van der Waals surface area (Å²) in [5.41, 5.74) is 1.27. The molecule has 0 bridgehead atoms. The van der Waals surface area contributed by atoms with E-state index in [0.29, 0.717) is 12.5 Å². The van der Waals surface area contributed by atoms with Gasteiger partial charge in [-0.3, -0.25) is 9.59 Å². The maximum atomic E-state index is 12.6. The van der Waals surface area contributed by atoms with Crippen molar-refractivity contribution in [2.75, 3.05) is 6.54 Å². The minimum absolute atomic E-state index is 0.0194. The van der Waals surface area contributed by atoms with Crippen LogP contribution in [0.15, 0.2) is 30.3 Å². The third-order valence-electron chi connectivity index (χ3n) is 4.52. The van der Waals surface area contributed by atoms with Gasteiger partial charge in [-0.25, -0.2) is 0 Å². The molecule has 4 nitrogen and oxygen atoms in total. The third kappa shape index (κ3) is 3.26. The zero-order valence-electron chi connectivity index (χ0n) is 12.3. The van der Waals surface area contributed by atoms with Gasteiger partial charge >= 0.3 is 0 Å². The Kier molecular flexibility index (Phi) is 4.23. The first-order chi connectivity index (χ1) is 10.2. The summed E-state index contributed by atoms with van der Waals surface area (Å²) in [6.45, 7) is 0.822. The highest BCUT2D eigenvalue weighted by Gasteiger charge is 2.36. The molecule has 2 fully saturated rings.